The molecule has 0 unspecified atom stereocenters. The van der Waals surface area contributed by atoms with Crippen LogP contribution in [0.4, 0.5) is 13.2 Å². The summed E-state index contributed by atoms with van der Waals surface area (Å²) in [6.45, 7) is 2.57. The Morgan fingerprint density at radius 2 is 2.04 bits per heavy atom. The quantitative estimate of drug-likeness (QED) is 0.719. The van der Waals surface area contributed by atoms with Crippen LogP contribution in [0.2, 0.25) is 0 Å². The number of halogens is 3. The molecule has 2 N–H and O–H groups in total. The second-order valence-corrected chi connectivity index (χ2v) is 9.03. The minimum absolute atomic E-state index is 0.0291. The van der Waals surface area contributed by atoms with Crippen molar-refractivity contribution in [1.82, 2.24) is 15.0 Å². The predicted octanol–water partition coefficient (Wildman–Crippen LogP) is 1.88. The molecule has 7 nitrogen and oxygen atoms in total. The van der Waals surface area contributed by atoms with Gasteiger partial charge in [0.25, 0.3) is 5.91 Å². The van der Waals surface area contributed by atoms with Crippen molar-refractivity contribution in [3.05, 3.63) is 23.4 Å². The third-order valence-corrected chi connectivity index (χ3v) is 6.20. The van der Waals surface area contributed by atoms with E-state index in [2.05, 4.69) is 10.3 Å². The fourth-order valence-electron chi connectivity index (χ4n) is 3.34. The van der Waals surface area contributed by atoms with Gasteiger partial charge >= 0.3 is 15.5 Å². The summed E-state index contributed by atoms with van der Waals surface area (Å²) >= 11 is 0. The standard InChI is InChI=1S/C16H20F3N3O4S/c1-9-7-20-13(26-8-10(2)22-27(24,25)16(17,18)19)3-12(9)14(23)21-15-4-11(5-15)6-15/h3,7,10-11,22H,4-6,8H2,1-2H3,(H,21,23)/t10-,11?,15?/m0/s1. The van der Waals surface area contributed by atoms with Crippen LogP contribution in [0.25, 0.3) is 0 Å². The molecule has 0 spiro atoms. The Bertz CT molecular complexity index is 840. The van der Waals surface area contributed by atoms with E-state index in [1.807, 2.05) is 0 Å². The van der Waals surface area contributed by atoms with E-state index in [0.717, 1.165) is 19.3 Å². The predicted molar refractivity (Wildman–Crippen MR) is 89.6 cm³/mol. The maximum Gasteiger partial charge on any atom is 0.511 e. The zero-order valence-electron chi connectivity index (χ0n) is 14.8. The number of hydrogen-bond donors (Lipinski definition) is 2. The second-order valence-electron chi connectivity index (χ2n) is 7.33. The lowest BCUT2D eigenvalue weighted by molar-refractivity contribution is -0.0453. The highest BCUT2D eigenvalue weighted by Gasteiger charge is 2.57. The van der Waals surface area contributed by atoms with E-state index in [-0.39, 0.29) is 23.9 Å². The number of carbonyl (C=O) groups excluding carboxylic acids is 1. The van der Waals surface area contributed by atoms with Gasteiger partial charge in [-0.05, 0) is 44.6 Å². The number of aromatic nitrogens is 1. The number of hydrogen-bond acceptors (Lipinski definition) is 5. The second kappa shape index (κ2) is 6.62. The summed E-state index contributed by atoms with van der Waals surface area (Å²) in [7, 11) is -5.46. The Morgan fingerprint density at radius 3 is 2.56 bits per heavy atom. The topological polar surface area (TPSA) is 97.4 Å². The number of ether oxygens (including phenoxy) is 1. The molecule has 0 aromatic carbocycles. The first-order valence-corrected chi connectivity index (χ1v) is 9.90. The molecule has 3 aliphatic carbocycles. The number of nitrogens with one attached hydrogen (secondary N) is 2. The lowest BCUT2D eigenvalue weighted by Crippen LogP contribution is -2.68. The van der Waals surface area contributed by atoms with Crippen molar-refractivity contribution < 1.29 is 31.1 Å². The minimum Gasteiger partial charge on any atom is -0.476 e. The van der Waals surface area contributed by atoms with E-state index in [1.165, 1.54) is 23.9 Å². The van der Waals surface area contributed by atoms with E-state index in [0.29, 0.717) is 17.0 Å². The van der Waals surface area contributed by atoms with Gasteiger partial charge in [0.1, 0.15) is 6.61 Å². The van der Waals surface area contributed by atoms with Gasteiger partial charge in [-0.1, -0.05) is 0 Å². The summed E-state index contributed by atoms with van der Waals surface area (Å²) in [5.74, 6) is 0.495. The summed E-state index contributed by atoms with van der Waals surface area (Å²) in [4.78, 5) is 16.5. The molecule has 1 aromatic rings. The van der Waals surface area contributed by atoms with Crippen LogP contribution in [0.5, 0.6) is 5.88 Å². The molecule has 1 amide bonds. The molecule has 3 saturated carbocycles. The molecule has 27 heavy (non-hydrogen) atoms. The van der Waals surface area contributed by atoms with Gasteiger partial charge < -0.3 is 10.1 Å². The number of sulfonamides is 1. The monoisotopic (exact) mass is 407 g/mol. The van der Waals surface area contributed by atoms with Crippen molar-refractivity contribution in [3.8, 4) is 5.88 Å². The van der Waals surface area contributed by atoms with Gasteiger partial charge in [-0.25, -0.2) is 18.1 Å². The first-order valence-electron chi connectivity index (χ1n) is 8.41. The van der Waals surface area contributed by atoms with Crippen LogP contribution < -0.4 is 14.8 Å². The average Bonchev–Trinajstić information content (AvgIpc) is 2.47. The Balaban J connectivity index is 1.59. The van der Waals surface area contributed by atoms with E-state index >= 15 is 0 Å². The van der Waals surface area contributed by atoms with Crippen molar-refractivity contribution in [2.45, 2.75) is 50.2 Å². The highest BCUT2D eigenvalue weighted by molar-refractivity contribution is 7.90. The van der Waals surface area contributed by atoms with Crippen molar-refractivity contribution in [2.75, 3.05) is 6.61 Å². The molecule has 1 atom stereocenters. The molecular formula is C16H20F3N3O4S. The molecule has 1 aromatic heterocycles. The first kappa shape index (κ1) is 19.9. The Labute approximate surface area is 154 Å². The molecule has 1 heterocycles. The SMILES string of the molecule is Cc1cnc(OC[C@H](C)NS(=O)(=O)C(F)(F)F)cc1C(=O)NC12CC(C1)C2. The van der Waals surface area contributed by atoms with Crippen LogP contribution in [0, 0.1) is 12.8 Å². The first-order chi connectivity index (χ1) is 12.4. The van der Waals surface area contributed by atoms with Gasteiger partial charge in [0.2, 0.25) is 5.88 Å². The summed E-state index contributed by atoms with van der Waals surface area (Å²) < 4.78 is 66.0. The molecule has 3 fully saturated rings. The van der Waals surface area contributed by atoms with Crippen LogP contribution in [0.1, 0.15) is 42.1 Å². The number of rotatable bonds is 7. The zero-order chi connectivity index (χ0) is 20.0. The smallest absolute Gasteiger partial charge is 0.476 e. The van der Waals surface area contributed by atoms with Crippen LogP contribution >= 0.6 is 0 Å². The number of carbonyl (C=O) groups is 1. The van der Waals surface area contributed by atoms with Gasteiger partial charge in [-0.15, -0.1) is 0 Å². The fourth-order valence-corrected chi connectivity index (χ4v) is 4.08. The van der Waals surface area contributed by atoms with Gasteiger partial charge in [0, 0.05) is 23.4 Å². The number of pyridine rings is 1. The highest BCUT2D eigenvalue weighted by Crippen LogP contribution is 2.57. The molecule has 0 saturated heterocycles. The Hall–Kier alpha value is -1.88. The number of aryl methyl sites for hydroxylation is 1. The molecule has 0 aliphatic heterocycles. The minimum atomic E-state index is -5.46. The summed E-state index contributed by atoms with van der Waals surface area (Å²) in [6, 6.07) is 0.263. The van der Waals surface area contributed by atoms with Crippen LogP contribution in [0.3, 0.4) is 0 Å². The maximum absolute atomic E-state index is 12.5. The van der Waals surface area contributed by atoms with Gasteiger partial charge in [-0.3, -0.25) is 4.79 Å². The molecule has 2 bridgehead atoms. The van der Waals surface area contributed by atoms with E-state index < -0.39 is 21.6 Å². The fraction of sp³-hybridized carbons (Fsp3) is 0.625. The third kappa shape index (κ3) is 4.03. The largest absolute Gasteiger partial charge is 0.511 e. The lowest BCUT2D eigenvalue weighted by Gasteiger charge is -2.61. The van der Waals surface area contributed by atoms with Crippen molar-refractivity contribution in [1.29, 1.82) is 0 Å². The molecule has 4 rings (SSSR count). The molecule has 150 valence electrons. The van der Waals surface area contributed by atoms with Crippen LogP contribution in [-0.2, 0) is 10.0 Å². The van der Waals surface area contributed by atoms with Crippen molar-refractivity contribution in [3.63, 3.8) is 0 Å². The van der Waals surface area contributed by atoms with Gasteiger partial charge in [0.05, 0.1) is 6.04 Å². The summed E-state index contributed by atoms with van der Waals surface area (Å²) in [5, 5.41) is 3.02. The Kier molecular flexibility index (Phi) is 4.87. The number of alkyl halides is 3. The van der Waals surface area contributed by atoms with Crippen molar-refractivity contribution >= 4 is 15.9 Å². The van der Waals surface area contributed by atoms with Crippen LogP contribution in [-0.4, -0.2) is 43.0 Å². The lowest BCUT2D eigenvalue weighted by atomic mass is 9.50. The Morgan fingerprint density at radius 1 is 1.41 bits per heavy atom. The van der Waals surface area contributed by atoms with Gasteiger partial charge in [-0.2, -0.15) is 13.2 Å². The van der Waals surface area contributed by atoms with E-state index in [1.54, 1.807) is 6.92 Å². The average molecular weight is 407 g/mol. The molecule has 0 radical (unpaired) electrons. The van der Waals surface area contributed by atoms with E-state index in [9.17, 15) is 26.4 Å². The maximum atomic E-state index is 12.5. The highest BCUT2D eigenvalue weighted by atomic mass is 32.2. The van der Waals surface area contributed by atoms with E-state index in [4.69, 9.17) is 4.74 Å². The van der Waals surface area contributed by atoms with Crippen molar-refractivity contribution in [2.24, 2.45) is 5.92 Å². The molecular weight excluding hydrogens is 387 g/mol. The van der Waals surface area contributed by atoms with Crippen LogP contribution in [0.15, 0.2) is 12.3 Å². The molecule has 11 heteroatoms. The summed E-state index contributed by atoms with van der Waals surface area (Å²) in [5.41, 5.74) is -4.48. The molecule has 3 aliphatic rings. The third-order valence-electron chi connectivity index (χ3n) is 4.88. The number of amides is 1. The van der Waals surface area contributed by atoms with Gasteiger partial charge in [0.15, 0.2) is 0 Å². The normalized spacial score (nSPS) is 25.1. The zero-order valence-corrected chi connectivity index (χ0v) is 15.6. The number of nitrogens with zero attached hydrogens (tertiary/aromatic N) is 1. The summed E-state index contributed by atoms with van der Waals surface area (Å²) in [6.07, 6.45) is 4.39.